The van der Waals surface area contributed by atoms with E-state index in [0.29, 0.717) is 37.8 Å². The van der Waals surface area contributed by atoms with Gasteiger partial charge in [-0.25, -0.2) is 4.98 Å². The van der Waals surface area contributed by atoms with E-state index in [2.05, 4.69) is 5.32 Å². The molecule has 1 unspecified atom stereocenters. The Hall–Kier alpha value is -2.95. The number of nitrogens with one attached hydrogen (secondary N) is 1. The van der Waals surface area contributed by atoms with Crippen LogP contribution >= 0.6 is 0 Å². The molecule has 0 saturated carbocycles. The fourth-order valence-corrected chi connectivity index (χ4v) is 4.41. The molecular weight excluding hydrogens is 420 g/mol. The number of aryl methyl sites for hydroxylation is 1. The molecule has 3 heterocycles. The van der Waals surface area contributed by atoms with Gasteiger partial charge in [0, 0.05) is 30.9 Å². The van der Waals surface area contributed by atoms with Crippen LogP contribution in [-0.4, -0.2) is 48.7 Å². The summed E-state index contributed by atoms with van der Waals surface area (Å²) in [4.78, 5) is 19.4. The minimum Gasteiger partial charge on any atom is -0.378 e. The maximum atomic E-state index is 12.8. The van der Waals surface area contributed by atoms with E-state index >= 15 is 0 Å². The lowest BCUT2D eigenvalue weighted by Gasteiger charge is -2.28. The molecule has 1 aliphatic rings. The van der Waals surface area contributed by atoms with E-state index in [1.54, 1.807) is 18.3 Å². The van der Waals surface area contributed by atoms with Crippen molar-refractivity contribution in [1.82, 2.24) is 9.38 Å². The Morgan fingerprint density at radius 3 is 2.61 bits per heavy atom. The fourth-order valence-electron chi connectivity index (χ4n) is 3.75. The monoisotopic (exact) mass is 444 g/mol. The normalized spacial score (nSPS) is 15.8. The highest BCUT2D eigenvalue weighted by Crippen LogP contribution is 2.28. The summed E-state index contributed by atoms with van der Waals surface area (Å²) in [6.07, 6.45) is 1.73. The smallest absolute Gasteiger partial charge is 0.296 e. The first-order chi connectivity index (χ1) is 14.7. The molecule has 31 heavy (non-hydrogen) atoms. The molecule has 0 radical (unpaired) electrons. The van der Waals surface area contributed by atoms with E-state index in [-0.39, 0.29) is 16.1 Å². The Morgan fingerprint density at radius 1 is 1.19 bits per heavy atom. The van der Waals surface area contributed by atoms with E-state index in [0.717, 1.165) is 11.1 Å². The van der Waals surface area contributed by atoms with Crippen molar-refractivity contribution in [2.24, 2.45) is 0 Å². The van der Waals surface area contributed by atoms with Crippen LogP contribution in [0.5, 0.6) is 0 Å². The first-order valence-electron chi connectivity index (χ1n) is 9.94. The number of morpholine rings is 1. The lowest BCUT2D eigenvalue weighted by Crippen LogP contribution is -2.37. The molecule has 1 saturated heterocycles. The first-order valence-corrected chi connectivity index (χ1v) is 11.4. The van der Waals surface area contributed by atoms with Crippen LogP contribution in [0.25, 0.3) is 5.65 Å². The van der Waals surface area contributed by atoms with Crippen LogP contribution in [-0.2, 0) is 14.9 Å². The van der Waals surface area contributed by atoms with Crippen molar-refractivity contribution < 1.29 is 17.7 Å². The van der Waals surface area contributed by atoms with Crippen molar-refractivity contribution in [3.8, 4) is 0 Å². The van der Waals surface area contributed by atoms with Gasteiger partial charge in [0.1, 0.15) is 16.4 Å². The summed E-state index contributed by atoms with van der Waals surface area (Å²) < 4.78 is 39.9. The number of benzene rings is 1. The number of rotatable bonds is 5. The molecule has 2 aromatic heterocycles. The number of hydrogen-bond acceptors (Lipinski definition) is 7. The van der Waals surface area contributed by atoms with Gasteiger partial charge in [-0.2, -0.15) is 8.42 Å². The van der Waals surface area contributed by atoms with E-state index in [1.807, 2.05) is 24.8 Å². The molecule has 0 aliphatic carbocycles. The maximum Gasteiger partial charge on any atom is 0.296 e. The summed E-state index contributed by atoms with van der Waals surface area (Å²) in [6.45, 7) is 6.18. The van der Waals surface area contributed by atoms with Crippen LogP contribution in [0.4, 0.5) is 11.5 Å². The van der Waals surface area contributed by atoms with Gasteiger partial charge >= 0.3 is 0 Å². The van der Waals surface area contributed by atoms with E-state index in [9.17, 15) is 17.8 Å². The Balaban J connectivity index is 1.80. The highest BCUT2D eigenvalue weighted by molar-refractivity contribution is 7.86. The highest BCUT2D eigenvalue weighted by atomic mass is 32.2. The Labute approximate surface area is 180 Å². The number of anilines is 2. The molecule has 0 bridgehead atoms. The third-order valence-electron chi connectivity index (χ3n) is 5.25. The van der Waals surface area contributed by atoms with Crippen LogP contribution < -0.4 is 15.8 Å². The molecular formula is C21H24N4O5S. The minimum absolute atomic E-state index is 0.193. The average Bonchev–Trinajstić information content (AvgIpc) is 2.74. The van der Waals surface area contributed by atoms with Gasteiger partial charge < -0.3 is 15.0 Å². The Kier molecular flexibility index (Phi) is 5.69. The second-order valence-electron chi connectivity index (χ2n) is 7.56. The summed E-state index contributed by atoms with van der Waals surface area (Å²) in [5.74, 6) is 0.587. The van der Waals surface area contributed by atoms with Gasteiger partial charge in [0.2, 0.25) is 0 Å². The second-order valence-corrected chi connectivity index (χ2v) is 8.95. The van der Waals surface area contributed by atoms with Gasteiger partial charge in [-0.1, -0.05) is 12.1 Å². The summed E-state index contributed by atoms with van der Waals surface area (Å²) in [5.41, 5.74) is 2.16. The van der Waals surface area contributed by atoms with Crippen LogP contribution in [0.2, 0.25) is 0 Å². The predicted molar refractivity (Wildman–Crippen MR) is 118 cm³/mol. The number of pyridine rings is 1. The molecule has 1 aliphatic heterocycles. The van der Waals surface area contributed by atoms with E-state index in [4.69, 9.17) is 9.72 Å². The molecule has 1 aromatic carbocycles. The molecule has 1 fully saturated rings. The molecule has 9 nitrogen and oxygen atoms in total. The zero-order valence-corrected chi connectivity index (χ0v) is 18.1. The number of fused-ring (bicyclic) bond motifs is 1. The molecule has 0 amide bonds. The van der Waals surface area contributed by atoms with Gasteiger partial charge in [-0.3, -0.25) is 13.7 Å². The van der Waals surface area contributed by atoms with Crippen LogP contribution in [0.15, 0.2) is 52.3 Å². The standard InChI is InChI=1S/C21H24N4O5S/c1-14-11-16(15(2)22-17-5-3-4-6-18(17)31(27,28)29)21-23-19(12-20(26)25(21)13-14)24-7-9-30-10-8-24/h3-6,11-13,15,22H,7-10H2,1-2H3,(H,27,28,29). The summed E-state index contributed by atoms with van der Waals surface area (Å²) in [5, 5.41) is 3.14. The van der Waals surface area contributed by atoms with Crippen molar-refractivity contribution >= 4 is 27.3 Å². The zero-order chi connectivity index (χ0) is 22.2. The number of aromatic nitrogens is 2. The van der Waals surface area contributed by atoms with Crippen LogP contribution in [0.1, 0.15) is 24.1 Å². The van der Waals surface area contributed by atoms with Gasteiger partial charge in [-0.15, -0.1) is 0 Å². The fraction of sp³-hybridized carbons (Fsp3) is 0.333. The SMILES string of the molecule is Cc1cc(C(C)Nc2ccccc2S(=O)(=O)O)c2nc(N3CCOCC3)cc(=O)n2c1. The molecule has 2 N–H and O–H groups in total. The molecule has 1 atom stereocenters. The van der Waals surface area contributed by atoms with Crippen LogP contribution in [0.3, 0.4) is 0 Å². The Morgan fingerprint density at radius 2 is 1.90 bits per heavy atom. The number of nitrogens with zero attached hydrogens (tertiary/aromatic N) is 3. The third-order valence-corrected chi connectivity index (χ3v) is 6.16. The molecule has 0 spiro atoms. The van der Waals surface area contributed by atoms with Gasteiger partial charge in [-0.05, 0) is 37.6 Å². The van der Waals surface area contributed by atoms with Crippen molar-refractivity contribution in [2.45, 2.75) is 24.8 Å². The lowest BCUT2D eigenvalue weighted by atomic mass is 10.1. The highest BCUT2D eigenvalue weighted by Gasteiger charge is 2.20. The van der Waals surface area contributed by atoms with Crippen molar-refractivity contribution in [3.05, 3.63) is 64.1 Å². The quantitative estimate of drug-likeness (QED) is 0.576. The first kappa shape index (κ1) is 21.3. The van der Waals surface area contributed by atoms with Crippen molar-refractivity contribution in [1.29, 1.82) is 0 Å². The van der Waals surface area contributed by atoms with Gasteiger partial charge in [0.15, 0.2) is 0 Å². The maximum absolute atomic E-state index is 12.8. The number of para-hydroxylation sites is 1. The summed E-state index contributed by atoms with van der Waals surface area (Å²) in [6, 6.07) is 9.17. The largest absolute Gasteiger partial charge is 0.378 e. The number of hydrogen-bond donors (Lipinski definition) is 2. The number of ether oxygens (including phenoxy) is 1. The van der Waals surface area contributed by atoms with Gasteiger partial charge in [0.05, 0.1) is 24.9 Å². The molecule has 10 heteroatoms. The lowest BCUT2D eigenvalue weighted by molar-refractivity contribution is 0.122. The third kappa shape index (κ3) is 4.41. The Bertz CT molecular complexity index is 1280. The van der Waals surface area contributed by atoms with Crippen LogP contribution in [0, 0.1) is 6.92 Å². The second kappa shape index (κ2) is 8.29. The molecule has 164 valence electrons. The topological polar surface area (TPSA) is 113 Å². The minimum atomic E-state index is -4.39. The summed E-state index contributed by atoms with van der Waals surface area (Å²) in [7, 11) is -4.39. The summed E-state index contributed by atoms with van der Waals surface area (Å²) >= 11 is 0. The van der Waals surface area contributed by atoms with E-state index in [1.165, 1.54) is 22.6 Å². The van der Waals surface area contributed by atoms with E-state index < -0.39 is 16.2 Å². The van der Waals surface area contributed by atoms with Crippen molar-refractivity contribution in [3.63, 3.8) is 0 Å². The average molecular weight is 445 g/mol. The predicted octanol–water partition coefficient (Wildman–Crippen LogP) is 2.26. The molecule has 3 aromatic rings. The van der Waals surface area contributed by atoms with Gasteiger partial charge in [0.25, 0.3) is 15.7 Å². The zero-order valence-electron chi connectivity index (χ0n) is 17.3. The molecule has 4 rings (SSSR count). The van der Waals surface area contributed by atoms with Crippen molar-refractivity contribution in [2.75, 3.05) is 36.5 Å².